The van der Waals surface area contributed by atoms with Gasteiger partial charge < -0.3 is 4.74 Å². The summed E-state index contributed by atoms with van der Waals surface area (Å²) in [6.07, 6.45) is 0. The van der Waals surface area contributed by atoms with Crippen molar-refractivity contribution in [3.8, 4) is 5.75 Å². The third-order valence-corrected chi connectivity index (χ3v) is 3.49. The van der Waals surface area contributed by atoms with Gasteiger partial charge in [-0.1, -0.05) is 36.4 Å². The molecule has 3 heteroatoms. The SMILES string of the molecule is COc1cccc(C(=O)C(C)(C)c2ccccc2)c1F. The molecule has 0 heterocycles. The lowest BCUT2D eigenvalue weighted by Gasteiger charge is -2.24. The number of hydrogen-bond acceptors (Lipinski definition) is 2. The smallest absolute Gasteiger partial charge is 0.175 e. The average Bonchev–Trinajstić information content (AvgIpc) is 2.47. The monoisotopic (exact) mass is 272 g/mol. The highest BCUT2D eigenvalue weighted by Gasteiger charge is 2.32. The molecule has 2 nitrogen and oxygen atoms in total. The number of halogens is 1. The number of benzene rings is 2. The van der Waals surface area contributed by atoms with Gasteiger partial charge >= 0.3 is 0 Å². The van der Waals surface area contributed by atoms with Crippen LogP contribution in [0.15, 0.2) is 48.5 Å². The molecular weight excluding hydrogens is 255 g/mol. The molecule has 0 aliphatic heterocycles. The number of methoxy groups -OCH3 is 1. The maximum Gasteiger partial charge on any atom is 0.175 e. The van der Waals surface area contributed by atoms with E-state index in [0.717, 1.165) is 5.56 Å². The molecule has 0 aliphatic rings. The molecule has 2 rings (SSSR count). The van der Waals surface area contributed by atoms with Crippen LogP contribution in [0.25, 0.3) is 0 Å². The molecule has 0 atom stereocenters. The Bertz CT molecular complexity index is 618. The van der Waals surface area contributed by atoms with Crippen molar-refractivity contribution in [1.29, 1.82) is 0 Å². The summed E-state index contributed by atoms with van der Waals surface area (Å²) >= 11 is 0. The molecule has 0 fully saturated rings. The first-order chi connectivity index (χ1) is 9.48. The second kappa shape index (κ2) is 5.45. The largest absolute Gasteiger partial charge is 0.494 e. The van der Waals surface area contributed by atoms with Crippen LogP contribution in [0, 0.1) is 5.82 Å². The minimum absolute atomic E-state index is 0.0539. The maximum absolute atomic E-state index is 14.2. The van der Waals surface area contributed by atoms with E-state index in [2.05, 4.69) is 0 Å². The standard InChI is InChI=1S/C17H17FO2/c1-17(2,12-8-5-4-6-9-12)16(19)13-10-7-11-14(20-3)15(13)18/h4-11H,1-3H3. The van der Waals surface area contributed by atoms with E-state index in [4.69, 9.17) is 4.74 Å². The summed E-state index contributed by atoms with van der Waals surface area (Å²) in [6, 6.07) is 14.0. The summed E-state index contributed by atoms with van der Waals surface area (Å²) in [5, 5.41) is 0. The van der Waals surface area contributed by atoms with Gasteiger partial charge in [-0.2, -0.15) is 0 Å². The van der Waals surface area contributed by atoms with E-state index in [9.17, 15) is 9.18 Å². The van der Waals surface area contributed by atoms with Gasteiger partial charge in [0.2, 0.25) is 0 Å². The van der Waals surface area contributed by atoms with E-state index in [-0.39, 0.29) is 17.1 Å². The minimum Gasteiger partial charge on any atom is -0.494 e. The first-order valence-electron chi connectivity index (χ1n) is 6.41. The second-order valence-corrected chi connectivity index (χ2v) is 5.14. The van der Waals surface area contributed by atoms with E-state index in [1.54, 1.807) is 19.9 Å². The highest BCUT2D eigenvalue weighted by Crippen LogP contribution is 2.30. The van der Waals surface area contributed by atoms with Crippen LogP contribution in [-0.2, 0) is 5.41 Å². The molecule has 20 heavy (non-hydrogen) atoms. The lowest BCUT2D eigenvalue weighted by atomic mass is 9.78. The molecule has 0 aromatic heterocycles. The Hall–Kier alpha value is -2.16. The van der Waals surface area contributed by atoms with Gasteiger partial charge in [0.05, 0.1) is 18.1 Å². The van der Waals surface area contributed by atoms with Gasteiger partial charge in [0.1, 0.15) is 0 Å². The summed E-state index contributed by atoms with van der Waals surface area (Å²) in [5.74, 6) is -0.788. The summed E-state index contributed by atoms with van der Waals surface area (Å²) in [7, 11) is 1.38. The molecule has 2 aromatic rings. The molecule has 0 radical (unpaired) electrons. The van der Waals surface area contributed by atoms with Crippen molar-refractivity contribution in [1.82, 2.24) is 0 Å². The van der Waals surface area contributed by atoms with Crippen molar-refractivity contribution in [3.05, 3.63) is 65.5 Å². The average molecular weight is 272 g/mol. The Balaban J connectivity index is 2.46. The Morgan fingerprint density at radius 3 is 2.30 bits per heavy atom. The molecule has 0 spiro atoms. The lowest BCUT2D eigenvalue weighted by Crippen LogP contribution is -2.29. The lowest BCUT2D eigenvalue weighted by molar-refractivity contribution is 0.0903. The maximum atomic E-state index is 14.2. The fourth-order valence-electron chi connectivity index (χ4n) is 2.17. The van der Waals surface area contributed by atoms with Gasteiger partial charge in [0, 0.05) is 0 Å². The number of rotatable bonds is 4. The van der Waals surface area contributed by atoms with Crippen molar-refractivity contribution in [2.75, 3.05) is 7.11 Å². The van der Waals surface area contributed by atoms with Crippen LogP contribution in [0.1, 0.15) is 29.8 Å². The van der Waals surface area contributed by atoms with Crippen molar-refractivity contribution in [3.63, 3.8) is 0 Å². The first-order valence-corrected chi connectivity index (χ1v) is 6.41. The summed E-state index contributed by atoms with van der Waals surface area (Å²) < 4.78 is 19.2. The second-order valence-electron chi connectivity index (χ2n) is 5.14. The van der Waals surface area contributed by atoms with Gasteiger partial charge in [-0.3, -0.25) is 4.79 Å². The molecule has 2 aromatic carbocycles. The fourth-order valence-corrected chi connectivity index (χ4v) is 2.17. The molecule has 0 N–H and O–H groups in total. The van der Waals surface area contributed by atoms with Gasteiger partial charge in [0.25, 0.3) is 0 Å². The Kier molecular flexibility index (Phi) is 3.89. The highest BCUT2D eigenvalue weighted by molar-refractivity contribution is 6.04. The molecule has 0 amide bonds. The molecule has 0 saturated carbocycles. The van der Waals surface area contributed by atoms with Crippen molar-refractivity contribution in [2.45, 2.75) is 19.3 Å². The van der Waals surface area contributed by atoms with Gasteiger partial charge in [-0.25, -0.2) is 4.39 Å². The number of ether oxygens (including phenoxy) is 1. The van der Waals surface area contributed by atoms with Gasteiger partial charge in [-0.15, -0.1) is 0 Å². The van der Waals surface area contributed by atoms with Gasteiger partial charge in [-0.05, 0) is 31.5 Å². The van der Waals surface area contributed by atoms with Crippen LogP contribution < -0.4 is 4.74 Å². The van der Waals surface area contributed by atoms with Crippen LogP contribution in [0.2, 0.25) is 0 Å². The van der Waals surface area contributed by atoms with Crippen LogP contribution in [0.3, 0.4) is 0 Å². The number of carbonyl (C=O) groups excluding carboxylic acids is 1. The molecule has 0 unspecified atom stereocenters. The molecule has 0 saturated heterocycles. The van der Waals surface area contributed by atoms with E-state index >= 15 is 0 Å². The zero-order chi connectivity index (χ0) is 14.8. The number of hydrogen-bond donors (Lipinski definition) is 0. The van der Waals surface area contributed by atoms with Crippen molar-refractivity contribution < 1.29 is 13.9 Å². The minimum atomic E-state index is -0.797. The Morgan fingerprint density at radius 1 is 1.05 bits per heavy atom. The highest BCUT2D eigenvalue weighted by atomic mass is 19.1. The van der Waals surface area contributed by atoms with E-state index in [0.29, 0.717) is 0 Å². The van der Waals surface area contributed by atoms with Crippen molar-refractivity contribution in [2.24, 2.45) is 0 Å². The normalized spacial score (nSPS) is 11.2. The zero-order valence-corrected chi connectivity index (χ0v) is 11.8. The number of carbonyl (C=O) groups is 1. The number of ketones is 1. The zero-order valence-electron chi connectivity index (χ0n) is 11.8. The van der Waals surface area contributed by atoms with E-state index < -0.39 is 11.2 Å². The molecule has 104 valence electrons. The van der Waals surface area contributed by atoms with E-state index in [1.807, 2.05) is 30.3 Å². The van der Waals surface area contributed by atoms with Crippen molar-refractivity contribution >= 4 is 5.78 Å². The first kappa shape index (κ1) is 14.3. The quantitative estimate of drug-likeness (QED) is 0.786. The Morgan fingerprint density at radius 2 is 1.70 bits per heavy atom. The topological polar surface area (TPSA) is 26.3 Å². The third kappa shape index (κ3) is 2.44. The van der Waals surface area contributed by atoms with Crippen LogP contribution in [0.5, 0.6) is 5.75 Å². The predicted molar refractivity (Wildman–Crippen MR) is 76.8 cm³/mol. The van der Waals surface area contributed by atoms with Crippen LogP contribution >= 0.6 is 0 Å². The Labute approximate surface area is 118 Å². The van der Waals surface area contributed by atoms with Gasteiger partial charge in [0.15, 0.2) is 17.3 Å². The summed E-state index contributed by atoms with van der Waals surface area (Å²) in [6.45, 7) is 3.59. The van der Waals surface area contributed by atoms with Crippen LogP contribution in [-0.4, -0.2) is 12.9 Å². The summed E-state index contributed by atoms with van der Waals surface area (Å²) in [4.78, 5) is 12.7. The fraction of sp³-hybridized carbons (Fsp3) is 0.235. The summed E-state index contributed by atoms with van der Waals surface area (Å²) in [5.41, 5.74) is 0.111. The third-order valence-electron chi connectivity index (χ3n) is 3.49. The van der Waals surface area contributed by atoms with Crippen LogP contribution in [0.4, 0.5) is 4.39 Å². The predicted octanol–water partition coefficient (Wildman–Crippen LogP) is 3.99. The molecular formula is C17H17FO2. The molecule has 0 aliphatic carbocycles. The molecule has 0 bridgehead atoms. The number of Topliss-reactive ketones (excluding diaryl/α,β-unsaturated/α-hetero) is 1. The van der Waals surface area contributed by atoms with E-state index in [1.165, 1.54) is 19.2 Å².